The summed E-state index contributed by atoms with van der Waals surface area (Å²) in [4.78, 5) is 25.8. The molecule has 1 amide bonds. The van der Waals surface area contributed by atoms with Crippen LogP contribution in [0.25, 0.3) is 0 Å². The molecule has 3 heterocycles. The van der Waals surface area contributed by atoms with E-state index in [0.29, 0.717) is 19.2 Å². The smallest absolute Gasteiger partial charge is 0.225 e. The van der Waals surface area contributed by atoms with Crippen molar-refractivity contribution in [3.05, 3.63) is 18.0 Å². The van der Waals surface area contributed by atoms with Gasteiger partial charge in [0.15, 0.2) is 0 Å². The summed E-state index contributed by atoms with van der Waals surface area (Å²) in [5.74, 6) is 0.892. The molecule has 0 aliphatic carbocycles. The van der Waals surface area contributed by atoms with Crippen molar-refractivity contribution in [3.63, 3.8) is 0 Å². The third-order valence-electron chi connectivity index (χ3n) is 5.50. The van der Waals surface area contributed by atoms with Crippen molar-refractivity contribution in [3.8, 4) is 0 Å². The zero-order valence-corrected chi connectivity index (χ0v) is 16.7. The van der Waals surface area contributed by atoms with Gasteiger partial charge in [0.05, 0.1) is 12.0 Å². The standard InChI is InChI=1S/C20H33N5O2/c1-16-6-10-22-20(23-16)25-11-3-5-17(15-25)19(26)21-9-4-14-27-18-7-12-24(2)13-8-18/h6,10,17-18H,3-5,7-9,11-15H2,1-2H3,(H,21,26). The number of hydrogen-bond acceptors (Lipinski definition) is 6. The van der Waals surface area contributed by atoms with Gasteiger partial charge in [0.25, 0.3) is 0 Å². The molecule has 2 aliphatic rings. The van der Waals surface area contributed by atoms with Crippen molar-refractivity contribution >= 4 is 11.9 Å². The molecule has 7 nitrogen and oxygen atoms in total. The zero-order chi connectivity index (χ0) is 19.1. The summed E-state index contributed by atoms with van der Waals surface area (Å²) in [6.45, 7) is 7.21. The van der Waals surface area contributed by atoms with Crippen LogP contribution in [-0.2, 0) is 9.53 Å². The summed E-state index contributed by atoms with van der Waals surface area (Å²) in [5.41, 5.74) is 0.955. The molecule has 2 saturated heterocycles. The Morgan fingerprint density at radius 3 is 2.89 bits per heavy atom. The number of carbonyl (C=O) groups excluding carboxylic acids is 1. The van der Waals surface area contributed by atoms with E-state index in [-0.39, 0.29) is 11.8 Å². The summed E-state index contributed by atoms with van der Waals surface area (Å²) < 4.78 is 5.94. The first-order valence-electron chi connectivity index (χ1n) is 10.2. The van der Waals surface area contributed by atoms with Crippen molar-refractivity contribution in [1.29, 1.82) is 0 Å². The highest BCUT2D eigenvalue weighted by atomic mass is 16.5. The van der Waals surface area contributed by atoms with Gasteiger partial charge >= 0.3 is 0 Å². The molecular formula is C20H33N5O2. The Hall–Kier alpha value is -1.73. The van der Waals surface area contributed by atoms with Crippen LogP contribution in [0.4, 0.5) is 5.95 Å². The largest absolute Gasteiger partial charge is 0.378 e. The van der Waals surface area contributed by atoms with Crippen molar-refractivity contribution < 1.29 is 9.53 Å². The van der Waals surface area contributed by atoms with E-state index in [4.69, 9.17) is 4.74 Å². The second kappa shape index (κ2) is 9.99. The lowest BCUT2D eigenvalue weighted by atomic mass is 9.97. The maximum Gasteiger partial charge on any atom is 0.225 e. The van der Waals surface area contributed by atoms with Crippen molar-refractivity contribution in [2.75, 3.05) is 51.3 Å². The SMILES string of the molecule is Cc1ccnc(N2CCCC(C(=O)NCCCOC3CCN(C)CC3)C2)n1. The third kappa shape index (κ3) is 6.14. The molecule has 0 saturated carbocycles. The predicted molar refractivity (Wildman–Crippen MR) is 106 cm³/mol. The van der Waals surface area contributed by atoms with Crippen molar-refractivity contribution in [2.45, 2.75) is 45.1 Å². The molecule has 1 unspecified atom stereocenters. The number of likely N-dealkylation sites (tertiary alicyclic amines) is 1. The molecule has 0 aromatic carbocycles. The molecule has 0 spiro atoms. The highest BCUT2D eigenvalue weighted by Gasteiger charge is 2.27. The van der Waals surface area contributed by atoms with Gasteiger partial charge in [0.2, 0.25) is 11.9 Å². The van der Waals surface area contributed by atoms with Gasteiger partial charge in [-0.05, 0) is 52.1 Å². The van der Waals surface area contributed by atoms with E-state index in [1.165, 1.54) is 0 Å². The molecule has 3 rings (SSSR count). The topological polar surface area (TPSA) is 70.6 Å². The first kappa shape index (κ1) is 20.0. The van der Waals surface area contributed by atoms with Crippen LogP contribution >= 0.6 is 0 Å². The van der Waals surface area contributed by atoms with Gasteiger partial charge in [-0.1, -0.05) is 0 Å². The van der Waals surface area contributed by atoms with Crippen LogP contribution in [0.15, 0.2) is 12.3 Å². The number of nitrogens with one attached hydrogen (secondary N) is 1. The Labute approximate surface area is 162 Å². The minimum atomic E-state index is 0.0117. The summed E-state index contributed by atoms with van der Waals surface area (Å²) in [6, 6.07) is 1.89. The van der Waals surface area contributed by atoms with Gasteiger partial charge in [-0.25, -0.2) is 9.97 Å². The number of carbonyl (C=O) groups is 1. The van der Waals surface area contributed by atoms with Crippen LogP contribution < -0.4 is 10.2 Å². The minimum absolute atomic E-state index is 0.0117. The summed E-state index contributed by atoms with van der Waals surface area (Å²) in [5, 5.41) is 3.09. The van der Waals surface area contributed by atoms with E-state index in [9.17, 15) is 4.79 Å². The summed E-state index contributed by atoms with van der Waals surface area (Å²) in [7, 11) is 2.16. The zero-order valence-electron chi connectivity index (χ0n) is 16.7. The van der Waals surface area contributed by atoms with Crippen molar-refractivity contribution in [2.24, 2.45) is 5.92 Å². The highest BCUT2D eigenvalue weighted by Crippen LogP contribution is 2.20. The number of nitrogens with zero attached hydrogens (tertiary/aromatic N) is 4. The molecule has 2 fully saturated rings. The van der Waals surface area contributed by atoms with Crippen LogP contribution in [0.5, 0.6) is 0 Å². The first-order chi connectivity index (χ1) is 13.1. The number of rotatable bonds is 7. The Kier molecular flexibility index (Phi) is 7.41. The number of hydrogen-bond donors (Lipinski definition) is 1. The molecule has 1 atom stereocenters. The number of piperidine rings is 2. The van der Waals surface area contributed by atoms with Crippen LogP contribution in [0.2, 0.25) is 0 Å². The highest BCUT2D eigenvalue weighted by molar-refractivity contribution is 5.79. The van der Waals surface area contributed by atoms with Crippen molar-refractivity contribution in [1.82, 2.24) is 20.2 Å². The van der Waals surface area contributed by atoms with E-state index in [1.54, 1.807) is 6.20 Å². The molecule has 1 N–H and O–H groups in total. The van der Waals surface area contributed by atoms with Crippen LogP contribution in [0.3, 0.4) is 0 Å². The Bertz CT molecular complexity index is 604. The normalized spacial score (nSPS) is 22.0. The molecule has 27 heavy (non-hydrogen) atoms. The van der Waals surface area contributed by atoms with Crippen LogP contribution in [-0.4, -0.2) is 73.3 Å². The van der Waals surface area contributed by atoms with E-state index in [2.05, 4.69) is 32.1 Å². The molecule has 0 bridgehead atoms. The Balaban J connectivity index is 1.34. The van der Waals surface area contributed by atoms with Gasteiger partial charge in [0.1, 0.15) is 0 Å². The molecule has 0 radical (unpaired) electrons. The van der Waals surface area contributed by atoms with E-state index >= 15 is 0 Å². The lowest BCUT2D eigenvalue weighted by molar-refractivity contribution is -0.125. The van der Waals surface area contributed by atoms with E-state index in [0.717, 1.165) is 70.0 Å². The van der Waals surface area contributed by atoms with Crippen LogP contribution in [0.1, 0.15) is 37.8 Å². The predicted octanol–water partition coefficient (Wildman–Crippen LogP) is 1.62. The fourth-order valence-electron chi connectivity index (χ4n) is 3.79. The first-order valence-corrected chi connectivity index (χ1v) is 10.2. The molecule has 1 aromatic rings. The average Bonchev–Trinajstić information content (AvgIpc) is 2.69. The number of anilines is 1. The quantitative estimate of drug-likeness (QED) is 0.731. The molecule has 1 aromatic heterocycles. The number of aryl methyl sites for hydroxylation is 1. The van der Waals surface area contributed by atoms with Gasteiger partial charge in [0, 0.05) is 51.2 Å². The van der Waals surface area contributed by atoms with Crippen LogP contribution in [0, 0.1) is 12.8 Å². The lowest BCUT2D eigenvalue weighted by Gasteiger charge is -2.32. The van der Waals surface area contributed by atoms with Gasteiger partial charge in [-0.2, -0.15) is 0 Å². The van der Waals surface area contributed by atoms with Gasteiger partial charge in [-0.15, -0.1) is 0 Å². The second-order valence-corrected chi connectivity index (χ2v) is 7.80. The Morgan fingerprint density at radius 2 is 2.11 bits per heavy atom. The minimum Gasteiger partial charge on any atom is -0.378 e. The molecule has 2 aliphatic heterocycles. The monoisotopic (exact) mass is 375 g/mol. The second-order valence-electron chi connectivity index (χ2n) is 7.80. The van der Waals surface area contributed by atoms with E-state index in [1.807, 2.05) is 13.0 Å². The summed E-state index contributed by atoms with van der Waals surface area (Å²) in [6.07, 6.45) is 7.19. The lowest BCUT2D eigenvalue weighted by Crippen LogP contribution is -2.44. The molecular weight excluding hydrogens is 342 g/mol. The van der Waals surface area contributed by atoms with E-state index < -0.39 is 0 Å². The number of aromatic nitrogens is 2. The average molecular weight is 376 g/mol. The summed E-state index contributed by atoms with van der Waals surface area (Å²) >= 11 is 0. The maximum absolute atomic E-state index is 12.5. The van der Waals surface area contributed by atoms with Gasteiger partial charge in [-0.3, -0.25) is 4.79 Å². The molecule has 150 valence electrons. The number of ether oxygens (including phenoxy) is 1. The fraction of sp³-hybridized carbons (Fsp3) is 0.750. The fourth-order valence-corrected chi connectivity index (χ4v) is 3.79. The molecule has 7 heteroatoms. The number of amides is 1. The van der Waals surface area contributed by atoms with Gasteiger partial charge < -0.3 is 19.9 Å². The third-order valence-corrected chi connectivity index (χ3v) is 5.50. The Morgan fingerprint density at radius 1 is 1.30 bits per heavy atom. The maximum atomic E-state index is 12.5.